The van der Waals surface area contributed by atoms with E-state index in [0.717, 1.165) is 6.42 Å². The molecule has 0 saturated carbocycles. The van der Waals surface area contributed by atoms with Crippen LogP contribution in [0.5, 0.6) is 0 Å². The molecule has 1 heteroatoms. The van der Waals surface area contributed by atoms with E-state index in [2.05, 4.69) is 20.8 Å². The highest BCUT2D eigenvalue weighted by Gasteiger charge is 2.03. The second kappa shape index (κ2) is 8.06. The van der Waals surface area contributed by atoms with Gasteiger partial charge in [0.2, 0.25) is 0 Å². The molecule has 0 aromatic rings. The minimum Gasteiger partial charge on any atom is -0.378 e. The lowest BCUT2D eigenvalue weighted by atomic mass is 10.1. The van der Waals surface area contributed by atoms with Gasteiger partial charge in [0.05, 0.1) is 6.10 Å². The third kappa shape index (κ3) is 6.36. The van der Waals surface area contributed by atoms with Gasteiger partial charge in [-0.3, -0.25) is 0 Å². The summed E-state index contributed by atoms with van der Waals surface area (Å²) in [6, 6.07) is 0. The van der Waals surface area contributed by atoms with Gasteiger partial charge in [-0.2, -0.15) is 0 Å². The number of hydrogen-bond donors (Lipinski definition) is 0. The van der Waals surface area contributed by atoms with Crippen LogP contribution < -0.4 is 0 Å². The quantitative estimate of drug-likeness (QED) is 0.516. The third-order valence-electron chi connectivity index (χ3n) is 1.94. The van der Waals surface area contributed by atoms with E-state index < -0.39 is 0 Å². The van der Waals surface area contributed by atoms with Crippen molar-refractivity contribution in [3.8, 4) is 0 Å². The summed E-state index contributed by atoms with van der Waals surface area (Å²) in [5, 5.41) is 0. The van der Waals surface area contributed by atoms with Gasteiger partial charge >= 0.3 is 0 Å². The largest absolute Gasteiger partial charge is 0.378 e. The SMILES string of the molecule is [CH2]COC(CC)CCCCC. The first kappa shape index (κ1) is 11.0. The van der Waals surface area contributed by atoms with Crippen molar-refractivity contribution < 1.29 is 4.74 Å². The molecule has 0 amide bonds. The van der Waals surface area contributed by atoms with E-state index in [1.165, 1.54) is 25.7 Å². The predicted octanol–water partition coefficient (Wildman–Crippen LogP) is 3.20. The monoisotopic (exact) mass is 157 g/mol. The molecule has 1 nitrogen and oxygen atoms in total. The molecule has 0 aliphatic rings. The van der Waals surface area contributed by atoms with Crippen molar-refractivity contribution in [1.29, 1.82) is 0 Å². The second-order valence-electron chi connectivity index (χ2n) is 2.90. The molecule has 0 spiro atoms. The van der Waals surface area contributed by atoms with E-state index in [0.29, 0.717) is 12.7 Å². The topological polar surface area (TPSA) is 9.23 Å². The van der Waals surface area contributed by atoms with E-state index in [9.17, 15) is 0 Å². The summed E-state index contributed by atoms with van der Waals surface area (Å²) in [4.78, 5) is 0. The highest BCUT2D eigenvalue weighted by atomic mass is 16.5. The molecule has 0 fully saturated rings. The lowest BCUT2D eigenvalue weighted by molar-refractivity contribution is 0.0621. The maximum Gasteiger partial charge on any atom is 0.0572 e. The average molecular weight is 157 g/mol. The van der Waals surface area contributed by atoms with Gasteiger partial charge in [0.15, 0.2) is 0 Å². The average Bonchev–Trinajstić information content (AvgIpc) is 2.03. The van der Waals surface area contributed by atoms with Gasteiger partial charge in [-0.05, 0) is 19.8 Å². The Kier molecular flexibility index (Phi) is 8.03. The smallest absolute Gasteiger partial charge is 0.0572 e. The highest BCUT2D eigenvalue weighted by molar-refractivity contribution is 4.55. The van der Waals surface area contributed by atoms with Crippen LogP contribution in [0.4, 0.5) is 0 Å². The maximum absolute atomic E-state index is 5.43. The van der Waals surface area contributed by atoms with Gasteiger partial charge in [0, 0.05) is 6.61 Å². The lowest BCUT2D eigenvalue weighted by Crippen LogP contribution is -2.11. The predicted molar refractivity (Wildman–Crippen MR) is 49.5 cm³/mol. The van der Waals surface area contributed by atoms with Crippen LogP contribution in [0.3, 0.4) is 0 Å². The maximum atomic E-state index is 5.43. The van der Waals surface area contributed by atoms with Crippen LogP contribution in [0, 0.1) is 6.92 Å². The number of rotatable bonds is 7. The Morgan fingerprint density at radius 2 is 2.00 bits per heavy atom. The molecule has 1 unspecified atom stereocenters. The Labute approximate surface area is 71.1 Å². The molecule has 0 saturated heterocycles. The normalized spacial score (nSPS) is 13.4. The fourth-order valence-corrected chi connectivity index (χ4v) is 1.19. The first-order chi connectivity index (χ1) is 5.35. The van der Waals surface area contributed by atoms with Gasteiger partial charge in [-0.15, -0.1) is 0 Å². The molecule has 1 atom stereocenters. The lowest BCUT2D eigenvalue weighted by Gasteiger charge is -2.13. The summed E-state index contributed by atoms with van der Waals surface area (Å²) in [5.41, 5.74) is 0. The molecule has 0 heterocycles. The Morgan fingerprint density at radius 1 is 1.27 bits per heavy atom. The molecule has 1 radical (unpaired) electrons. The van der Waals surface area contributed by atoms with Crippen LogP contribution in [-0.4, -0.2) is 12.7 Å². The van der Waals surface area contributed by atoms with Crippen LogP contribution in [0.25, 0.3) is 0 Å². The molecular formula is C10H21O. The molecule has 0 aliphatic carbocycles. The summed E-state index contributed by atoms with van der Waals surface area (Å²) in [6.45, 7) is 8.69. The zero-order chi connectivity index (χ0) is 8.53. The fourth-order valence-electron chi connectivity index (χ4n) is 1.19. The molecule has 0 aromatic heterocycles. The second-order valence-corrected chi connectivity index (χ2v) is 2.90. The van der Waals surface area contributed by atoms with Gasteiger partial charge in [-0.25, -0.2) is 0 Å². The summed E-state index contributed by atoms with van der Waals surface area (Å²) in [5.74, 6) is 0. The minimum atomic E-state index is 0.457. The van der Waals surface area contributed by atoms with Crippen molar-refractivity contribution in [2.24, 2.45) is 0 Å². The highest BCUT2D eigenvalue weighted by Crippen LogP contribution is 2.09. The van der Waals surface area contributed by atoms with Gasteiger partial charge in [0.1, 0.15) is 0 Å². The zero-order valence-corrected chi connectivity index (χ0v) is 7.94. The molecule has 0 aliphatic heterocycles. The van der Waals surface area contributed by atoms with E-state index >= 15 is 0 Å². The van der Waals surface area contributed by atoms with Crippen LogP contribution >= 0.6 is 0 Å². The summed E-state index contributed by atoms with van der Waals surface area (Å²) >= 11 is 0. The molecule has 0 rings (SSSR count). The first-order valence-corrected chi connectivity index (χ1v) is 4.76. The molecule has 67 valence electrons. The van der Waals surface area contributed by atoms with Crippen molar-refractivity contribution in [3.05, 3.63) is 6.92 Å². The van der Waals surface area contributed by atoms with Crippen LogP contribution in [0.1, 0.15) is 46.0 Å². The first-order valence-electron chi connectivity index (χ1n) is 4.76. The van der Waals surface area contributed by atoms with Crippen molar-refractivity contribution in [2.75, 3.05) is 6.61 Å². The van der Waals surface area contributed by atoms with Crippen LogP contribution in [0.15, 0.2) is 0 Å². The van der Waals surface area contributed by atoms with Gasteiger partial charge in [0.25, 0.3) is 0 Å². The molecular weight excluding hydrogens is 136 g/mol. The Hall–Kier alpha value is -0.0400. The summed E-state index contributed by atoms with van der Waals surface area (Å²) in [7, 11) is 0. The van der Waals surface area contributed by atoms with Crippen molar-refractivity contribution in [1.82, 2.24) is 0 Å². The van der Waals surface area contributed by atoms with E-state index in [1.807, 2.05) is 0 Å². The molecule has 0 aromatic carbocycles. The van der Waals surface area contributed by atoms with Crippen molar-refractivity contribution in [2.45, 2.75) is 52.1 Å². The summed E-state index contributed by atoms with van der Waals surface area (Å²) in [6.07, 6.45) is 6.71. The molecule has 0 N–H and O–H groups in total. The number of unbranched alkanes of at least 4 members (excludes halogenated alkanes) is 2. The van der Waals surface area contributed by atoms with E-state index in [4.69, 9.17) is 4.74 Å². The fraction of sp³-hybridized carbons (Fsp3) is 0.900. The Bertz CT molecular complexity index is 71.3. The molecule has 11 heavy (non-hydrogen) atoms. The van der Waals surface area contributed by atoms with Crippen molar-refractivity contribution in [3.63, 3.8) is 0 Å². The van der Waals surface area contributed by atoms with Crippen LogP contribution in [-0.2, 0) is 4.74 Å². The van der Waals surface area contributed by atoms with Crippen molar-refractivity contribution >= 4 is 0 Å². The number of ether oxygens (including phenoxy) is 1. The number of hydrogen-bond acceptors (Lipinski definition) is 1. The van der Waals surface area contributed by atoms with Gasteiger partial charge in [-0.1, -0.05) is 33.1 Å². The standard InChI is InChI=1S/C10H21O/c1-4-7-8-9-10(5-2)11-6-3/h10H,3-9H2,1-2H3. The molecule has 0 bridgehead atoms. The Balaban J connectivity index is 3.20. The minimum absolute atomic E-state index is 0.457. The zero-order valence-electron chi connectivity index (χ0n) is 7.94. The van der Waals surface area contributed by atoms with E-state index in [-0.39, 0.29) is 0 Å². The van der Waals surface area contributed by atoms with Crippen LogP contribution in [0.2, 0.25) is 0 Å². The van der Waals surface area contributed by atoms with E-state index in [1.54, 1.807) is 0 Å². The van der Waals surface area contributed by atoms with Gasteiger partial charge < -0.3 is 4.74 Å². The third-order valence-corrected chi connectivity index (χ3v) is 1.94. The Morgan fingerprint density at radius 3 is 2.45 bits per heavy atom. The summed E-state index contributed by atoms with van der Waals surface area (Å²) < 4.78 is 5.43.